The Kier molecular flexibility index (Phi) is 5.86. The fourth-order valence-electron chi connectivity index (χ4n) is 2.11. The number of esters is 1. The summed E-state index contributed by atoms with van der Waals surface area (Å²) in [6, 6.07) is 10.7. The van der Waals surface area contributed by atoms with Gasteiger partial charge in [-0.3, -0.25) is 0 Å². The van der Waals surface area contributed by atoms with Crippen LogP contribution in [0.15, 0.2) is 40.9 Å². The third-order valence-corrected chi connectivity index (χ3v) is 4.08. The molecular formula is C17H16BrClO3. The normalized spacial score (nSPS) is 10.5. The summed E-state index contributed by atoms with van der Waals surface area (Å²) in [4.78, 5) is 11.6. The number of hydrogen-bond donors (Lipinski definition) is 1. The molecule has 0 saturated carbocycles. The van der Waals surface area contributed by atoms with Crippen LogP contribution in [-0.4, -0.2) is 17.7 Å². The van der Waals surface area contributed by atoms with Crippen LogP contribution in [0.25, 0.3) is 0 Å². The Hall–Kier alpha value is -1.52. The summed E-state index contributed by atoms with van der Waals surface area (Å²) in [5.41, 5.74) is 2.40. The highest BCUT2D eigenvalue weighted by atomic mass is 79.9. The minimum atomic E-state index is -0.314. The number of halogens is 2. The summed E-state index contributed by atoms with van der Waals surface area (Å²) in [6.07, 6.45) is 1.40. The molecule has 0 unspecified atom stereocenters. The molecule has 0 spiro atoms. The van der Waals surface area contributed by atoms with Crippen molar-refractivity contribution in [1.82, 2.24) is 0 Å². The van der Waals surface area contributed by atoms with Gasteiger partial charge in [-0.25, -0.2) is 4.79 Å². The maximum Gasteiger partial charge on any atom is 0.338 e. The molecule has 0 aliphatic rings. The molecule has 0 atom stereocenters. The number of aromatic hydroxyl groups is 1. The first-order chi connectivity index (χ1) is 10.5. The van der Waals surface area contributed by atoms with Crippen molar-refractivity contribution in [3.8, 4) is 5.75 Å². The SMILES string of the molecule is CCOC(=O)c1ccc(CCc2cc(Cl)cc(Br)c2O)cc1. The second-order valence-corrected chi connectivity index (χ2v) is 6.10. The number of phenols is 1. The van der Waals surface area contributed by atoms with E-state index in [1.165, 1.54) is 0 Å². The molecule has 2 rings (SSSR count). The number of benzene rings is 2. The molecule has 0 aromatic heterocycles. The Morgan fingerprint density at radius 3 is 2.55 bits per heavy atom. The Morgan fingerprint density at radius 2 is 1.91 bits per heavy atom. The molecule has 0 heterocycles. The first kappa shape index (κ1) is 16.8. The monoisotopic (exact) mass is 382 g/mol. The molecular weight excluding hydrogens is 368 g/mol. The summed E-state index contributed by atoms with van der Waals surface area (Å²) in [7, 11) is 0. The van der Waals surface area contributed by atoms with Crippen molar-refractivity contribution < 1.29 is 14.6 Å². The summed E-state index contributed by atoms with van der Waals surface area (Å²) in [5.74, 6) is -0.0991. The summed E-state index contributed by atoms with van der Waals surface area (Å²) in [5, 5.41) is 10.6. The van der Waals surface area contributed by atoms with Gasteiger partial charge in [-0.05, 0) is 71.1 Å². The minimum Gasteiger partial charge on any atom is -0.506 e. The van der Waals surface area contributed by atoms with E-state index in [-0.39, 0.29) is 11.7 Å². The Morgan fingerprint density at radius 1 is 1.23 bits per heavy atom. The lowest BCUT2D eigenvalue weighted by Crippen LogP contribution is -2.04. The first-order valence-corrected chi connectivity index (χ1v) is 8.11. The standard InChI is InChI=1S/C17H16BrClO3/c1-2-22-17(21)12-6-3-11(4-7-12)5-8-13-9-14(19)10-15(18)16(13)20/h3-4,6-7,9-10,20H,2,5,8H2,1H3. The van der Waals surface area contributed by atoms with Crippen LogP contribution in [-0.2, 0) is 17.6 Å². The minimum absolute atomic E-state index is 0.215. The van der Waals surface area contributed by atoms with Gasteiger partial charge >= 0.3 is 5.97 Å². The third kappa shape index (κ3) is 4.24. The van der Waals surface area contributed by atoms with Crippen LogP contribution in [0, 0.1) is 0 Å². The van der Waals surface area contributed by atoms with Gasteiger partial charge in [-0.15, -0.1) is 0 Å². The van der Waals surface area contributed by atoms with Crippen molar-refractivity contribution in [3.63, 3.8) is 0 Å². The fraction of sp³-hybridized carbons (Fsp3) is 0.235. The van der Waals surface area contributed by atoms with Crippen LogP contribution in [0.3, 0.4) is 0 Å². The zero-order valence-electron chi connectivity index (χ0n) is 12.1. The van der Waals surface area contributed by atoms with Crippen molar-refractivity contribution in [2.45, 2.75) is 19.8 Å². The first-order valence-electron chi connectivity index (χ1n) is 6.94. The smallest absolute Gasteiger partial charge is 0.338 e. The molecule has 0 bridgehead atoms. The quantitative estimate of drug-likeness (QED) is 0.757. The van der Waals surface area contributed by atoms with E-state index < -0.39 is 0 Å². The zero-order valence-corrected chi connectivity index (χ0v) is 14.4. The van der Waals surface area contributed by atoms with Crippen LogP contribution in [0.2, 0.25) is 5.02 Å². The van der Waals surface area contributed by atoms with E-state index in [9.17, 15) is 9.90 Å². The van der Waals surface area contributed by atoms with Gasteiger partial charge in [0.1, 0.15) is 5.75 Å². The number of ether oxygens (including phenoxy) is 1. The van der Waals surface area contributed by atoms with Gasteiger partial charge < -0.3 is 9.84 Å². The van der Waals surface area contributed by atoms with Crippen LogP contribution >= 0.6 is 27.5 Å². The molecule has 0 amide bonds. The predicted molar refractivity (Wildman–Crippen MR) is 90.6 cm³/mol. The molecule has 2 aromatic rings. The summed E-state index contributed by atoms with van der Waals surface area (Å²) in [6.45, 7) is 2.14. The topological polar surface area (TPSA) is 46.5 Å². The molecule has 2 aromatic carbocycles. The van der Waals surface area contributed by atoms with Crippen molar-refractivity contribution in [2.24, 2.45) is 0 Å². The average Bonchev–Trinajstić information content (AvgIpc) is 2.50. The number of rotatable bonds is 5. The van der Waals surface area contributed by atoms with E-state index >= 15 is 0 Å². The zero-order chi connectivity index (χ0) is 16.1. The highest BCUT2D eigenvalue weighted by Gasteiger charge is 2.09. The molecule has 22 heavy (non-hydrogen) atoms. The molecule has 0 saturated heterocycles. The summed E-state index contributed by atoms with van der Waals surface area (Å²) >= 11 is 9.27. The largest absolute Gasteiger partial charge is 0.506 e. The molecule has 1 N–H and O–H groups in total. The van der Waals surface area contributed by atoms with Gasteiger partial charge in [0.15, 0.2) is 0 Å². The second-order valence-electron chi connectivity index (χ2n) is 4.81. The van der Waals surface area contributed by atoms with E-state index in [1.807, 2.05) is 12.1 Å². The third-order valence-electron chi connectivity index (χ3n) is 3.26. The maximum atomic E-state index is 11.6. The van der Waals surface area contributed by atoms with Crippen molar-refractivity contribution in [1.29, 1.82) is 0 Å². The number of carbonyl (C=O) groups is 1. The van der Waals surface area contributed by atoms with Gasteiger partial charge in [0, 0.05) is 5.02 Å². The van der Waals surface area contributed by atoms with Crippen LogP contribution < -0.4 is 0 Å². The average molecular weight is 384 g/mol. The van der Waals surface area contributed by atoms with E-state index in [1.54, 1.807) is 31.2 Å². The number of hydrogen-bond acceptors (Lipinski definition) is 3. The lowest BCUT2D eigenvalue weighted by molar-refractivity contribution is 0.0526. The molecule has 116 valence electrons. The van der Waals surface area contributed by atoms with Gasteiger partial charge in [0.25, 0.3) is 0 Å². The number of aryl methyl sites for hydroxylation is 2. The predicted octanol–water partition coefficient (Wildman–Crippen LogP) is 4.77. The Balaban J connectivity index is 2.05. The second kappa shape index (κ2) is 7.65. The lowest BCUT2D eigenvalue weighted by Gasteiger charge is -2.08. The maximum absolute atomic E-state index is 11.6. The molecule has 0 radical (unpaired) electrons. The molecule has 0 fully saturated rings. The molecule has 0 aliphatic heterocycles. The Bertz CT molecular complexity index is 668. The van der Waals surface area contributed by atoms with E-state index in [4.69, 9.17) is 16.3 Å². The van der Waals surface area contributed by atoms with Crippen LogP contribution in [0.5, 0.6) is 5.75 Å². The highest BCUT2D eigenvalue weighted by Crippen LogP contribution is 2.32. The lowest BCUT2D eigenvalue weighted by atomic mass is 10.0. The van der Waals surface area contributed by atoms with E-state index in [0.717, 1.165) is 17.5 Å². The summed E-state index contributed by atoms with van der Waals surface area (Å²) < 4.78 is 5.54. The van der Waals surface area contributed by atoms with E-state index in [2.05, 4.69) is 15.9 Å². The highest BCUT2D eigenvalue weighted by molar-refractivity contribution is 9.10. The van der Waals surface area contributed by atoms with Crippen LogP contribution in [0.1, 0.15) is 28.4 Å². The van der Waals surface area contributed by atoms with Crippen molar-refractivity contribution in [2.75, 3.05) is 6.61 Å². The van der Waals surface area contributed by atoms with Crippen molar-refractivity contribution in [3.05, 3.63) is 62.6 Å². The van der Waals surface area contributed by atoms with Crippen molar-refractivity contribution >= 4 is 33.5 Å². The fourth-order valence-corrected chi connectivity index (χ4v) is 2.98. The van der Waals surface area contributed by atoms with Gasteiger partial charge in [-0.1, -0.05) is 23.7 Å². The Labute approximate surface area is 143 Å². The van der Waals surface area contributed by atoms with E-state index in [0.29, 0.717) is 28.1 Å². The number of phenolic OH excluding ortho intramolecular Hbond substituents is 1. The number of carbonyl (C=O) groups excluding carboxylic acids is 1. The van der Waals surface area contributed by atoms with Gasteiger partial charge in [-0.2, -0.15) is 0 Å². The van der Waals surface area contributed by atoms with Gasteiger partial charge in [0.2, 0.25) is 0 Å². The molecule has 3 nitrogen and oxygen atoms in total. The van der Waals surface area contributed by atoms with Crippen LogP contribution in [0.4, 0.5) is 0 Å². The molecule has 5 heteroatoms. The molecule has 0 aliphatic carbocycles. The van der Waals surface area contributed by atoms with Gasteiger partial charge in [0.05, 0.1) is 16.6 Å².